The lowest BCUT2D eigenvalue weighted by atomic mass is 10.0. The van der Waals surface area contributed by atoms with Crippen LogP contribution >= 0.6 is 0 Å². The molecule has 3 atom stereocenters. The molecule has 0 aliphatic carbocycles. The Balaban J connectivity index is 3.81. The molecule has 5 amide bonds. The highest BCUT2D eigenvalue weighted by molar-refractivity contribution is 5.87. The molecule has 0 aliphatic heterocycles. The first-order chi connectivity index (χ1) is 34.2. The van der Waals surface area contributed by atoms with Gasteiger partial charge in [0.2, 0.25) is 29.5 Å². The average Bonchev–Trinajstić information content (AvgIpc) is 3.33. The summed E-state index contributed by atoms with van der Waals surface area (Å²) in [6.45, 7) is 0.944. The highest BCUT2D eigenvalue weighted by Gasteiger charge is 2.22. The third-order valence-electron chi connectivity index (χ3n) is 11.3. The number of Topliss-reactive ketones (excluding diaryl/α,β-unsaturated/α-hetero) is 1. The number of nitrogens with two attached hydrogens (primary N) is 1. The standard InChI is InChI=1S/C49H88N6O16/c1-51-41(49(66)67-2)21-17-18-28-52-42(57)27-26-40(48(64)65)55-45(60)37-71-35-33-69-31-29-53-44(59)36-70-34-32-68-30-19-20-38(56)24-25-39(47(50)63)54-43(58)22-15-13-11-9-7-5-3-4-6-8-10-12-14-16-23-46(61)62/h39-41,51H,3-37H2,1-2H3,(H2,50,63)(H,52,57)(H,53,59)(H,54,58)(H,55,60)(H,61,62)(H,64,65)/t39-,40-,41+/m0/s1. The third-order valence-corrected chi connectivity index (χ3v) is 11.3. The van der Waals surface area contributed by atoms with Gasteiger partial charge in [-0.2, -0.15) is 0 Å². The zero-order chi connectivity index (χ0) is 52.7. The molecule has 0 spiro atoms. The van der Waals surface area contributed by atoms with Gasteiger partial charge in [-0.3, -0.25) is 38.4 Å². The smallest absolute Gasteiger partial charge is 0.326 e. The Kier molecular flexibility index (Phi) is 43.2. The number of carbonyl (C=O) groups is 9. The van der Waals surface area contributed by atoms with Gasteiger partial charge in [0.1, 0.15) is 37.1 Å². The fourth-order valence-electron chi connectivity index (χ4n) is 7.20. The number of likely N-dealkylation sites (N-methyl/N-ethyl adjacent to an activating group) is 1. The summed E-state index contributed by atoms with van der Waals surface area (Å²) in [6, 6.07) is -2.61. The number of amides is 5. The molecular formula is C49H88N6O16. The van der Waals surface area contributed by atoms with E-state index in [9.17, 15) is 48.3 Å². The van der Waals surface area contributed by atoms with Crippen molar-refractivity contribution in [2.45, 2.75) is 179 Å². The Morgan fingerprint density at radius 2 is 0.958 bits per heavy atom. The number of esters is 1. The number of ether oxygens (including phenoxy) is 5. The summed E-state index contributed by atoms with van der Waals surface area (Å²) >= 11 is 0. The lowest BCUT2D eigenvalue weighted by Crippen LogP contribution is -2.44. The van der Waals surface area contributed by atoms with Gasteiger partial charge in [-0.05, 0) is 58.4 Å². The molecule has 71 heavy (non-hydrogen) atoms. The molecule has 0 heterocycles. The average molecular weight is 1020 g/mol. The summed E-state index contributed by atoms with van der Waals surface area (Å²) in [5, 5.41) is 31.3. The second-order valence-corrected chi connectivity index (χ2v) is 17.4. The number of carbonyl (C=O) groups excluding carboxylic acids is 7. The molecule has 0 saturated heterocycles. The molecule has 410 valence electrons. The number of hydrogen-bond acceptors (Lipinski definition) is 15. The van der Waals surface area contributed by atoms with Crippen LogP contribution < -0.4 is 32.3 Å². The van der Waals surface area contributed by atoms with E-state index in [4.69, 9.17) is 34.5 Å². The molecule has 0 aliphatic rings. The lowest BCUT2D eigenvalue weighted by Gasteiger charge is -2.15. The molecular weight excluding hydrogens is 929 g/mol. The minimum absolute atomic E-state index is 0.0378. The number of carboxylic acids is 2. The molecule has 0 unspecified atom stereocenters. The van der Waals surface area contributed by atoms with E-state index in [0.29, 0.717) is 45.3 Å². The predicted octanol–water partition coefficient (Wildman–Crippen LogP) is 2.99. The minimum atomic E-state index is -1.29. The van der Waals surface area contributed by atoms with E-state index in [1.165, 1.54) is 52.1 Å². The highest BCUT2D eigenvalue weighted by Crippen LogP contribution is 2.14. The number of aliphatic carboxylic acids is 2. The van der Waals surface area contributed by atoms with Crippen molar-refractivity contribution in [1.29, 1.82) is 0 Å². The summed E-state index contributed by atoms with van der Waals surface area (Å²) in [7, 11) is 2.97. The van der Waals surface area contributed by atoms with Crippen LogP contribution in [0.1, 0.15) is 161 Å². The Morgan fingerprint density at radius 1 is 0.451 bits per heavy atom. The zero-order valence-electron chi connectivity index (χ0n) is 42.7. The second-order valence-electron chi connectivity index (χ2n) is 17.4. The molecule has 0 fully saturated rings. The summed E-state index contributed by atoms with van der Waals surface area (Å²) in [5.74, 6) is -4.75. The fraction of sp³-hybridized carbons (Fsp3) is 0.816. The Hall–Kier alpha value is -4.77. The molecule has 0 bridgehead atoms. The van der Waals surface area contributed by atoms with Crippen molar-refractivity contribution in [2.75, 3.05) is 80.1 Å². The topological polar surface area (TPSA) is 326 Å². The van der Waals surface area contributed by atoms with Gasteiger partial charge in [0.05, 0.1) is 40.1 Å². The van der Waals surface area contributed by atoms with E-state index in [0.717, 1.165) is 44.9 Å². The summed E-state index contributed by atoms with van der Waals surface area (Å²) in [4.78, 5) is 107. The zero-order valence-corrected chi connectivity index (χ0v) is 42.7. The van der Waals surface area contributed by atoms with Crippen molar-refractivity contribution in [2.24, 2.45) is 5.73 Å². The van der Waals surface area contributed by atoms with Crippen molar-refractivity contribution < 1.29 is 77.0 Å². The Labute approximate surface area is 420 Å². The van der Waals surface area contributed by atoms with Gasteiger partial charge in [0.25, 0.3) is 0 Å². The minimum Gasteiger partial charge on any atom is -0.481 e. The van der Waals surface area contributed by atoms with Crippen LogP contribution in [0.4, 0.5) is 0 Å². The van der Waals surface area contributed by atoms with Crippen molar-refractivity contribution in [3.05, 3.63) is 0 Å². The number of methoxy groups -OCH3 is 1. The Bertz CT molecular complexity index is 1510. The van der Waals surface area contributed by atoms with Crippen molar-refractivity contribution in [1.82, 2.24) is 26.6 Å². The van der Waals surface area contributed by atoms with E-state index >= 15 is 0 Å². The van der Waals surface area contributed by atoms with Gasteiger partial charge >= 0.3 is 17.9 Å². The second kappa shape index (κ2) is 46.3. The van der Waals surface area contributed by atoms with Crippen molar-refractivity contribution >= 4 is 53.2 Å². The number of rotatable bonds is 51. The SMILES string of the molecule is CN[C@H](CCCCNC(=O)CC[C@H](NC(=O)COCCOCCNC(=O)COCCOCCCC(=O)CC[C@H](NC(=O)CCCCCCCCCCCCCCCCC(=O)O)C(N)=O)C(=O)O)C(=O)OC. The van der Waals surface area contributed by atoms with Crippen LogP contribution in [0.25, 0.3) is 0 Å². The monoisotopic (exact) mass is 1020 g/mol. The van der Waals surface area contributed by atoms with E-state index in [1.807, 2.05) is 0 Å². The number of carboxylic acid groups (broad SMARTS) is 2. The molecule has 22 nitrogen and oxygen atoms in total. The first-order valence-electron chi connectivity index (χ1n) is 25.6. The van der Waals surface area contributed by atoms with E-state index < -0.39 is 48.5 Å². The largest absolute Gasteiger partial charge is 0.481 e. The van der Waals surface area contributed by atoms with Crippen LogP contribution in [-0.4, -0.2) is 162 Å². The lowest BCUT2D eigenvalue weighted by molar-refractivity contribution is -0.143. The molecule has 0 aromatic carbocycles. The number of hydrogen-bond donors (Lipinski definition) is 8. The maximum Gasteiger partial charge on any atom is 0.326 e. The maximum atomic E-state index is 12.4. The molecule has 0 aromatic rings. The number of ketones is 1. The molecule has 22 heteroatoms. The van der Waals surface area contributed by atoms with Crippen LogP contribution in [0.3, 0.4) is 0 Å². The van der Waals surface area contributed by atoms with Crippen LogP contribution in [0.15, 0.2) is 0 Å². The van der Waals surface area contributed by atoms with Crippen LogP contribution in [0.2, 0.25) is 0 Å². The van der Waals surface area contributed by atoms with Gasteiger partial charge in [-0.25, -0.2) is 4.79 Å². The van der Waals surface area contributed by atoms with Gasteiger partial charge < -0.3 is 66.2 Å². The van der Waals surface area contributed by atoms with Gasteiger partial charge in [-0.1, -0.05) is 77.0 Å². The number of primary amides is 1. The molecule has 0 radical (unpaired) electrons. The molecule has 0 rings (SSSR count). The van der Waals surface area contributed by atoms with Gasteiger partial charge in [-0.15, -0.1) is 0 Å². The first kappa shape index (κ1) is 66.2. The number of nitrogens with one attached hydrogen (secondary N) is 5. The Morgan fingerprint density at radius 3 is 1.51 bits per heavy atom. The number of unbranched alkanes of at least 4 members (excludes halogenated alkanes) is 14. The molecule has 0 aromatic heterocycles. The van der Waals surface area contributed by atoms with E-state index in [-0.39, 0.29) is 114 Å². The summed E-state index contributed by atoms with van der Waals surface area (Å²) in [6.07, 6.45) is 18.3. The van der Waals surface area contributed by atoms with Crippen LogP contribution in [0, 0.1) is 0 Å². The maximum absolute atomic E-state index is 12.4. The first-order valence-corrected chi connectivity index (χ1v) is 25.6. The molecule has 9 N–H and O–H groups in total. The summed E-state index contributed by atoms with van der Waals surface area (Å²) in [5.41, 5.74) is 5.49. The predicted molar refractivity (Wildman–Crippen MR) is 263 cm³/mol. The van der Waals surface area contributed by atoms with Gasteiger partial charge in [0.15, 0.2) is 0 Å². The van der Waals surface area contributed by atoms with E-state index in [1.54, 1.807) is 7.05 Å². The summed E-state index contributed by atoms with van der Waals surface area (Å²) < 4.78 is 26.1. The normalized spacial score (nSPS) is 12.3. The van der Waals surface area contributed by atoms with E-state index in [2.05, 4.69) is 26.6 Å². The molecule has 0 saturated carbocycles. The van der Waals surface area contributed by atoms with Crippen LogP contribution in [-0.2, 0) is 66.8 Å². The van der Waals surface area contributed by atoms with Gasteiger partial charge in [0, 0.05) is 51.8 Å². The van der Waals surface area contributed by atoms with Crippen LogP contribution in [0.5, 0.6) is 0 Å². The fourth-order valence-corrected chi connectivity index (χ4v) is 7.20. The quantitative estimate of drug-likeness (QED) is 0.0321. The van der Waals surface area contributed by atoms with Crippen molar-refractivity contribution in [3.8, 4) is 0 Å². The third kappa shape index (κ3) is 42.6. The van der Waals surface area contributed by atoms with Crippen molar-refractivity contribution in [3.63, 3.8) is 0 Å². The highest BCUT2D eigenvalue weighted by atomic mass is 16.5.